The molecule has 66 valence electrons. The van der Waals surface area contributed by atoms with Crippen LogP contribution >= 0.6 is 11.6 Å². The first kappa shape index (κ1) is 9.72. The molecule has 2 nitrogen and oxygen atoms in total. The summed E-state index contributed by atoms with van der Waals surface area (Å²) in [6, 6.07) is 7.30. The van der Waals surface area contributed by atoms with E-state index in [4.69, 9.17) is 11.6 Å². The molecule has 0 radical (unpaired) electrons. The van der Waals surface area contributed by atoms with E-state index in [9.17, 15) is 4.79 Å². The summed E-state index contributed by atoms with van der Waals surface area (Å²) >= 11 is 5.49. The summed E-state index contributed by atoms with van der Waals surface area (Å²) in [5.41, 5.74) is 1.48. The van der Waals surface area contributed by atoms with Gasteiger partial charge in [0.05, 0.1) is 5.69 Å². The van der Waals surface area contributed by atoms with Gasteiger partial charge in [-0.1, -0.05) is 30.4 Å². The van der Waals surface area contributed by atoms with Gasteiger partial charge in [-0.3, -0.25) is 0 Å². The predicted octanol–water partition coefficient (Wildman–Crippen LogP) is 2.91. The molecule has 0 heterocycles. The molecule has 1 aromatic carbocycles. The predicted molar refractivity (Wildman–Crippen MR) is 54.0 cm³/mol. The number of allylic oxidation sites excluding steroid dienone is 1. The Balaban J connectivity index is 3.04. The summed E-state index contributed by atoms with van der Waals surface area (Å²) < 4.78 is 0. The molecular formula is C10H8ClNO. The summed E-state index contributed by atoms with van der Waals surface area (Å²) in [6.07, 6.45) is 5.12. The minimum absolute atomic E-state index is 0.444. The van der Waals surface area contributed by atoms with Gasteiger partial charge in [0, 0.05) is 11.4 Å². The highest BCUT2D eigenvalue weighted by Gasteiger charge is 1.94. The number of nitrogens with zero attached hydrogens (tertiary/aromatic N) is 1. The van der Waals surface area contributed by atoms with Gasteiger partial charge in [0.2, 0.25) is 6.08 Å². The number of aliphatic imine (C=N–C) groups is 1. The van der Waals surface area contributed by atoms with Crippen molar-refractivity contribution >= 4 is 29.4 Å². The van der Waals surface area contributed by atoms with E-state index in [0.29, 0.717) is 11.6 Å². The minimum atomic E-state index is 0.444. The average Bonchev–Trinajstić information content (AvgIpc) is 2.17. The van der Waals surface area contributed by atoms with Crippen LogP contribution in [0.25, 0.3) is 6.08 Å². The van der Waals surface area contributed by atoms with E-state index >= 15 is 0 Å². The number of benzene rings is 1. The van der Waals surface area contributed by atoms with Crippen LogP contribution in [0.3, 0.4) is 0 Å². The van der Waals surface area contributed by atoms with Crippen molar-refractivity contribution in [3.05, 3.63) is 35.9 Å². The van der Waals surface area contributed by atoms with Crippen molar-refractivity contribution in [1.82, 2.24) is 0 Å². The van der Waals surface area contributed by atoms with Crippen molar-refractivity contribution < 1.29 is 4.79 Å². The highest BCUT2D eigenvalue weighted by Crippen LogP contribution is 2.19. The maximum Gasteiger partial charge on any atom is 0.240 e. The van der Waals surface area contributed by atoms with Gasteiger partial charge in [0.25, 0.3) is 0 Å². The van der Waals surface area contributed by atoms with E-state index in [2.05, 4.69) is 4.99 Å². The Kier molecular flexibility index (Phi) is 3.97. The molecule has 0 fully saturated rings. The third-order valence-electron chi connectivity index (χ3n) is 1.49. The second-order valence-electron chi connectivity index (χ2n) is 2.32. The van der Waals surface area contributed by atoms with E-state index in [1.54, 1.807) is 12.1 Å². The smallest absolute Gasteiger partial charge is 0.211 e. The third kappa shape index (κ3) is 2.86. The van der Waals surface area contributed by atoms with Crippen molar-refractivity contribution in [2.45, 2.75) is 0 Å². The number of para-hydroxylation sites is 1. The number of isocyanates is 1. The fourth-order valence-corrected chi connectivity index (χ4v) is 1.04. The van der Waals surface area contributed by atoms with Crippen LogP contribution in [-0.4, -0.2) is 12.0 Å². The summed E-state index contributed by atoms with van der Waals surface area (Å²) in [6.45, 7) is 0. The summed E-state index contributed by atoms with van der Waals surface area (Å²) in [5, 5.41) is 0. The fourth-order valence-electron chi connectivity index (χ4n) is 0.951. The standard InChI is InChI=1S/C10H8ClNO/c11-7-3-5-9-4-1-2-6-10(9)12-8-13/h1-6H,7H2. The van der Waals surface area contributed by atoms with Crippen LogP contribution in [0, 0.1) is 0 Å². The molecule has 0 unspecified atom stereocenters. The van der Waals surface area contributed by atoms with Crippen LogP contribution in [0.5, 0.6) is 0 Å². The maximum atomic E-state index is 10.1. The van der Waals surface area contributed by atoms with E-state index in [-0.39, 0.29) is 0 Å². The first-order valence-electron chi connectivity index (χ1n) is 3.78. The Morgan fingerprint density at radius 3 is 2.92 bits per heavy atom. The lowest BCUT2D eigenvalue weighted by molar-refractivity contribution is 0.565. The van der Waals surface area contributed by atoms with Crippen LogP contribution in [-0.2, 0) is 4.79 Å². The number of alkyl halides is 1. The zero-order valence-electron chi connectivity index (χ0n) is 6.90. The van der Waals surface area contributed by atoms with Gasteiger partial charge in [-0.05, 0) is 6.07 Å². The van der Waals surface area contributed by atoms with E-state index < -0.39 is 0 Å². The minimum Gasteiger partial charge on any atom is -0.211 e. The van der Waals surface area contributed by atoms with E-state index in [0.717, 1.165) is 5.56 Å². The van der Waals surface area contributed by atoms with Crippen molar-refractivity contribution in [3.8, 4) is 0 Å². The number of hydrogen-bond donors (Lipinski definition) is 0. The highest BCUT2D eigenvalue weighted by molar-refractivity contribution is 6.19. The molecule has 0 bridgehead atoms. The summed E-state index contributed by atoms with van der Waals surface area (Å²) in [4.78, 5) is 13.6. The molecule has 0 spiro atoms. The summed E-state index contributed by atoms with van der Waals surface area (Å²) in [7, 11) is 0. The number of rotatable bonds is 3. The monoisotopic (exact) mass is 193 g/mol. The molecule has 0 saturated heterocycles. The fraction of sp³-hybridized carbons (Fsp3) is 0.100. The second-order valence-corrected chi connectivity index (χ2v) is 2.63. The van der Waals surface area contributed by atoms with Crippen molar-refractivity contribution in [3.63, 3.8) is 0 Å². The van der Waals surface area contributed by atoms with Crippen LogP contribution in [0.4, 0.5) is 5.69 Å². The van der Waals surface area contributed by atoms with Crippen LogP contribution in [0.2, 0.25) is 0 Å². The molecule has 0 saturated carbocycles. The molecule has 0 amide bonds. The van der Waals surface area contributed by atoms with Crippen LogP contribution in [0.15, 0.2) is 35.3 Å². The Hall–Kier alpha value is -1.37. The first-order valence-corrected chi connectivity index (χ1v) is 4.31. The van der Waals surface area contributed by atoms with Gasteiger partial charge >= 0.3 is 0 Å². The Bertz CT molecular complexity index is 354. The average molecular weight is 194 g/mol. The normalized spacial score (nSPS) is 9.92. The van der Waals surface area contributed by atoms with E-state index in [1.807, 2.05) is 24.3 Å². The Morgan fingerprint density at radius 2 is 2.23 bits per heavy atom. The third-order valence-corrected chi connectivity index (χ3v) is 1.67. The van der Waals surface area contributed by atoms with Crippen LogP contribution < -0.4 is 0 Å². The quantitative estimate of drug-likeness (QED) is 0.412. The van der Waals surface area contributed by atoms with Gasteiger partial charge < -0.3 is 0 Å². The van der Waals surface area contributed by atoms with Gasteiger partial charge in [-0.2, -0.15) is 4.99 Å². The molecule has 1 aromatic rings. The second kappa shape index (κ2) is 5.31. The van der Waals surface area contributed by atoms with Gasteiger partial charge in [-0.25, -0.2) is 4.79 Å². The lowest BCUT2D eigenvalue weighted by Gasteiger charge is -1.95. The lowest BCUT2D eigenvalue weighted by atomic mass is 10.2. The zero-order chi connectivity index (χ0) is 9.52. The Morgan fingerprint density at radius 1 is 1.46 bits per heavy atom. The number of carbonyl (C=O) groups excluding carboxylic acids is 1. The molecule has 1 rings (SSSR count). The first-order chi connectivity index (χ1) is 6.38. The van der Waals surface area contributed by atoms with Gasteiger partial charge in [0.15, 0.2) is 0 Å². The van der Waals surface area contributed by atoms with Crippen LogP contribution in [0.1, 0.15) is 5.56 Å². The maximum absolute atomic E-state index is 10.1. The molecule has 0 aromatic heterocycles. The molecule has 13 heavy (non-hydrogen) atoms. The number of hydrogen-bond acceptors (Lipinski definition) is 2. The van der Waals surface area contributed by atoms with Gasteiger partial charge in [0.1, 0.15) is 0 Å². The van der Waals surface area contributed by atoms with Crippen molar-refractivity contribution in [2.75, 3.05) is 5.88 Å². The van der Waals surface area contributed by atoms with E-state index in [1.165, 1.54) is 6.08 Å². The highest BCUT2D eigenvalue weighted by atomic mass is 35.5. The SMILES string of the molecule is O=C=Nc1ccccc1C=CCCl. The lowest BCUT2D eigenvalue weighted by Crippen LogP contribution is -1.73. The summed E-state index contributed by atoms with van der Waals surface area (Å²) in [5.74, 6) is 0.444. The molecular weight excluding hydrogens is 186 g/mol. The van der Waals surface area contributed by atoms with Crippen molar-refractivity contribution in [1.29, 1.82) is 0 Å². The van der Waals surface area contributed by atoms with Crippen molar-refractivity contribution in [2.24, 2.45) is 4.99 Å². The Labute approximate surface area is 81.6 Å². The zero-order valence-corrected chi connectivity index (χ0v) is 7.66. The topological polar surface area (TPSA) is 29.4 Å². The largest absolute Gasteiger partial charge is 0.240 e. The number of halogens is 1. The molecule has 0 aliphatic heterocycles. The molecule has 0 N–H and O–H groups in total. The molecule has 0 aliphatic rings. The molecule has 0 atom stereocenters. The van der Waals surface area contributed by atoms with Gasteiger partial charge in [-0.15, -0.1) is 11.6 Å². The molecule has 3 heteroatoms. The molecule has 0 aliphatic carbocycles.